The van der Waals surface area contributed by atoms with E-state index in [0.717, 1.165) is 25.7 Å². The van der Waals surface area contributed by atoms with Crippen molar-refractivity contribution in [2.45, 2.75) is 46.5 Å². The van der Waals surface area contributed by atoms with Crippen molar-refractivity contribution in [3.8, 4) is 0 Å². The van der Waals surface area contributed by atoms with Gasteiger partial charge in [-0.3, -0.25) is 4.79 Å². The summed E-state index contributed by atoms with van der Waals surface area (Å²) in [5.74, 6) is -0.557. The van der Waals surface area contributed by atoms with E-state index in [0.29, 0.717) is 12.0 Å². The van der Waals surface area contributed by atoms with E-state index in [2.05, 4.69) is 13.8 Å². The molecule has 3 heteroatoms. The molecular formula is C13H24O3. The lowest BCUT2D eigenvalue weighted by Gasteiger charge is -2.44. The van der Waals surface area contributed by atoms with E-state index in [4.69, 9.17) is 4.74 Å². The molecule has 1 atom stereocenters. The van der Waals surface area contributed by atoms with Crippen molar-refractivity contribution in [2.24, 2.45) is 16.7 Å². The molecule has 16 heavy (non-hydrogen) atoms. The fraction of sp³-hybridized carbons (Fsp3) is 0.923. The van der Waals surface area contributed by atoms with Gasteiger partial charge in [0.1, 0.15) is 0 Å². The van der Waals surface area contributed by atoms with Crippen LogP contribution in [0.3, 0.4) is 0 Å². The Morgan fingerprint density at radius 2 is 1.81 bits per heavy atom. The molecule has 3 nitrogen and oxygen atoms in total. The van der Waals surface area contributed by atoms with E-state index in [1.807, 2.05) is 6.92 Å². The van der Waals surface area contributed by atoms with E-state index in [1.165, 1.54) is 0 Å². The van der Waals surface area contributed by atoms with Gasteiger partial charge in [-0.1, -0.05) is 20.8 Å². The summed E-state index contributed by atoms with van der Waals surface area (Å²) >= 11 is 0. The van der Waals surface area contributed by atoms with E-state index < -0.39 is 11.4 Å². The van der Waals surface area contributed by atoms with Crippen LogP contribution in [0.15, 0.2) is 0 Å². The second-order valence-corrected chi connectivity index (χ2v) is 5.98. The molecule has 0 aliphatic heterocycles. The smallest absolute Gasteiger partial charge is 0.309 e. The molecule has 0 aromatic rings. The molecule has 94 valence electrons. The van der Waals surface area contributed by atoms with Crippen molar-refractivity contribution in [1.29, 1.82) is 0 Å². The summed E-state index contributed by atoms with van der Waals surface area (Å²) in [5, 5.41) is 9.50. The Labute approximate surface area is 98.2 Å². The van der Waals surface area contributed by atoms with Crippen molar-refractivity contribution in [2.75, 3.05) is 13.7 Å². The van der Waals surface area contributed by atoms with Crippen molar-refractivity contribution < 1.29 is 14.6 Å². The van der Waals surface area contributed by atoms with Gasteiger partial charge < -0.3 is 9.84 Å². The molecule has 1 aliphatic carbocycles. The number of carbonyl (C=O) groups is 1. The first-order chi connectivity index (χ1) is 7.34. The quantitative estimate of drug-likeness (QED) is 0.804. The molecule has 0 spiro atoms. The van der Waals surface area contributed by atoms with Crippen LogP contribution in [0, 0.1) is 16.7 Å². The Kier molecular flexibility index (Phi) is 4.00. The first kappa shape index (κ1) is 13.5. The molecule has 0 aromatic heterocycles. The molecule has 0 amide bonds. The fourth-order valence-corrected chi connectivity index (χ4v) is 2.70. The van der Waals surface area contributed by atoms with Gasteiger partial charge >= 0.3 is 5.97 Å². The van der Waals surface area contributed by atoms with E-state index in [-0.39, 0.29) is 5.92 Å². The van der Waals surface area contributed by atoms with Crippen LogP contribution in [0.25, 0.3) is 0 Å². The minimum absolute atomic E-state index is 0.0890. The van der Waals surface area contributed by atoms with E-state index in [9.17, 15) is 9.90 Å². The second-order valence-electron chi connectivity index (χ2n) is 5.98. The van der Waals surface area contributed by atoms with Crippen LogP contribution in [-0.4, -0.2) is 24.8 Å². The van der Waals surface area contributed by atoms with Crippen LogP contribution in [0.1, 0.15) is 46.5 Å². The summed E-state index contributed by atoms with van der Waals surface area (Å²) in [4.78, 5) is 11.5. The highest BCUT2D eigenvalue weighted by molar-refractivity contribution is 5.75. The highest BCUT2D eigenvalue weighted by Crippen LogP contribution is 2.49. The number of hydrogen-bond acceptors (Lipinski definition) is 2. The standard InChI is InChI=1S/C13H24O3/c1-10(9-16-4)13(11(14)15)7-5-12(2,3)6-8-13/h10H,5-9H2,1-4H3,(H,14,15). The number of ether oxygens (including phenoxy) is 1. The molecule has 0 saturated heterocycles. The van der Waals surface area contributed by atoms with Gasteiger partial charge in [0, 0.05) is 13.7 Å². The van der Waals surface area contributed by atoms with Gasteiger partial charge in [-0.25, -0.2) is 0 Å². The number of aliphatic carboxylic acids is 1. The first-order valence-corrected chi connectivity index (χ1v) is 6.06. The molecule has 1 aliphatic rings. The third kappa shape index (κ3) is 2.57. The predicted molar refractivity (Wildman–Crippen MR) is 63.4 cm³/mol. The van der Waals surface area contributed by atoms with Gasteiger partial charge in [0.2, 0.25) is 0 Å². The van der Waals surface area contributed by atoms with Crippen LogP contribution in [0.5, 0.6) is 0 Å². The summed E-state index contributed by atoms with van der Waals surface area (Å²) < 4.78 is 5.12. The minimum atomic E-state index is -0.646. The zero-order chi connectivity index (χ0) is 12.4. The Hall–Kier alpha value is -0.570. The zero-order valence-electron chi connectivity index (χ0n) is 10.9. The topological polar surface area (TPSA) is 46.5 Å². The van der Waals surface area contributed by atoms with Crippen LogP contribution in [-0.2, 0) is 9.53 Å². The van der Waals surface area contributed by atoms with E-state index >= 15 is 0 Å². The average Bonchev–Trinajstić information content (AvgIpc) is 2.18. The van der Waals surface area contributed by atoms with Gasteiger partial charge in [0.05, 0.1) is 5.41 Å². The Bertz CT molecular complexity index is 248. The summed E-state index contributed by atoms with van der Waals surface area (Å²) in [6.07, 6.45) is 3.54. The molecule has 1 N–H and O–H groups in total. The SMILES string of the molecule is COCC(C)C1(C(=O)O)CCC(C)(C)CC1. The summed E-state index contributed by atoms with van der Waals surface area (Å²) in [7, 11) is 1.64. The fourth-order valence-electron chi connectivity index (χ4n) is 2.70. The predicted octanol–water partition coefficient (Wildman–Crippen LogP) is 2.94. The van der Waals surface area contributed by atoms with Crippen LogP contribution in [0.2, 0.25) is 0 Å². The normalized spacial score (nSPS) is 25.0. The Morgan fingerprint density at radius 1 is 1.31 bits per heavy atom. The number of methoxy groups -OCH3 is 1. The minimum Gasteiger partial charge on any atom is -0.481 e. The van der Waals surface area contributed by atoms with Crippen LogP contribution < -0.4 is 0 Å². The maximum Gasteiger partial charge on any atom is 0.309 e. The number of carboxylic acids is 1. The largest absolute Gasteiger partial charge is 0.481 e. The lowest BCUT2D eigenvalue weighted by Crippen LogP contribution is -2.44. The van der Waals surface area contributed by atoms with Gasteiger partial charge in [-0.05, 0) is 37.0 Å². The number of carboxylic acid groups (broad SMARTS) is 1. The molecule has 0 bridgehead atoms. The third-order valence-electron chi connectivity index (χ3n) is 4.28. The lowest BCUT2D eigenvalue weighted by atomic mass is 9.60. The first-order valence-electron chi connectivity index (χ1n) is 6.06. The molecule has 0 radical (unpaired) electrons. The van der Waals surface area contributed by atoms with Gasteiger partial charge in [-0.15, -0.1) is 0 Å². The summed E-state index contributed by atoms with van der Waals surface area (Å²) in [6.45, 7) is 6.97. The summed E-state index contributed by atoms with van der Waals surface area (Å²) in [5.41, 5.74) is -0.267. The van der Waals surface area contributed by atoms with Crippen molar-refractivity contribution >= 4 is 5.97 Å². The zero-order valence-corrected chi connectivity index (χ0v) is 10.9. The highest BCUT2D eigenvalue weighted by atomic mass is 16.5. The molecule has 1 fully saturated rings. The molecule has 1 rings (SSSR count). The van der Waals surface area contributed by atoms with Crippen LogP contribution in [0.4, 0.5) is 0 Å². The van der Waals surface area contributed by atoms with Crippen LogP contribution >= 0.6 is 0 Å². The third-order valence-corrected chi connectivity index (χ3v) is 4.28. The van der Waals surface area contributed by atoms with Crippen molar-refractivity contribution in [1.82, 2.24) is 0 Å². The van der Waals surface area contributed by atoms with Gasteiger partial charge in [0.15, 0.2) is 0 Å². The Balaban J connectivity index is 2.80. The highest BCUT2D eigenvalue weighted by Gasteiger charge is 2.47. The molecule has 1 unspecified atom stereocenters. The monoisotopic (exact) mass is 228 g/mol. The van der Waals surface area contributed by atoms with Gasteiger partial charge in [-0.2, -0.15) is 0 Å². The molecule has 0 aromatic carbocycles. The maximum atomic E-state index is 11.5. The van der Waals surface area contributed by atoms with Crippen molar-refractivity contribution in [3.63, 3.8) is 0 Å². The van der Waals surface area contributed by atoms with Crippen molar-refractivity contribution in [3.05, 3.63) is 0 Å². The Morgan fingerprint density at radius 3 is 2.19 bits per heavy atom. The second kappa shape index (κ2) is 4.74. The molecule has 1 saturated carbocycles. The number of rotatable bonds is 4. The van der Waals surface area contributed by atoms with Gasteiger partial charge in [0.25, 0.3) is 0 Å². The summed E-state index contributed by atoms with van der Waals surface area (Å²) in [6, 6.07) is 0. The molecular weight excluding hydrogens is 204 g/mol. The maximum absolute atomic E-state index is 11.5. The molecule has 0 heterocycles. The lowest BCUT2D eigenvalue weighted by molar-refractivity contribution is -0.158. The van der Waals surface area contributed by atoms with E-state index in [1.54, 1.807) is 7.11 Å². The number of hydrogen-bond donors (Lipinski definition) is 1. The average molecular weight is 228 g/mol.